The summed E-state index contributed by atoms with van der Waals surface area (Å²) >= 11 is 0. The van der Waals surface area contributed by atoms with Gasteiger partial charge in [-0.05, 0) is 54.4 Å². The maximum absolute atomic E-state index is 14.4. The lowest BCUT2D eigenvalue weighted by Gasteiger charge is -2.40. The first-order chi connectivity index (χ1) is 24.1. The molecule has 3 fully saturated rings. The average Bonchev–Trinajstić information content (AvgIpc) is 3.52. The maximum atomic E-state index is 14.4. The fourth-order valence-electron chi connectivity index (χ4n) is 7.53. The minimum absolute atomic E-state index is 0.0327. The van der Waals surface area contributed by atoms with Crippen molar-refractivity contribution in [3.63, 3.8) is 0 Å². The molecule has 13 nitrogen and oxygen atoms in total. The molecule has 0 radical (unpaired) electrons. The van der Waals surface area contributed by atoms with Crippen LogP contribution in [0.4, 0.5) is 9.59 Å². The molecule has 2 aliphatic carbocycles. The number of carbonyl (C=O) groups is 6. The normalized spacial score (nSPS) is 21.5. The molecule has 282 valence electrons. The number of primary amides is 1. The third-order valence-electron chi connectivity index (χ3n) is 10.8. The molecular formula is C38H57N5O8. The zero-order valence-electron chi connectivity index (χ0n) is 30.8. The molecule has 4 rings (SSSR count). The average molecular weight is 712 g/mol. The number of benzene rings is 1. The monoisotopic (exact) mass is 711 g/mol. The van der Waals surface area contributed by atoms with Crippen LogP contribution < -0.4 is 21.7 Å². The van der Waals surface area contributed by atoms with E-state index in [1.807, 2.05) is 65.0 Å². The highest BCUT2D eigenvalue weighted by molar-refractivity contribution is 6.37. The second-order valence-electron chi connectivity index (χ2n) is 16.0. The minimum Gasteiger partial charge on any atom is -0.432 e. The number of Topliss-reactive ketones (excluding diaryl/α,β-unsaturated/α-hetero) is 1. The largest absolute Gasteiger partial charge is 0.508 e. The van der Waals surface area contributed by atoms with E-state index in [1.165, 1.54) is 4.90 Å². The molecule has 4 atom stereocenters. The summed E-state index contributed by atoms with van der Waals surface area (Å²) < 4.78 is 10.8. The van der Waals surface area contributed by atoms with Crippen LogP contribution in [0.25, 0.3) is 0 Å². The summed E-state index contributed by atoms with van der Waals surface area (Å²) in [6, 6.07) is 5.68. The zero-order valence-corrected chi connectivity index (χ0v) is 30.8. The van der Waals surface area contributed by atoms with Gasteiger partial charge in [-0.25, -0.2) is 9.59 Å². The Morgan fingerprint density at radius 1 is 0.922 bits per heavy atom. The maximum Gasteiger partial charge on any atom is 0.508 e. The van der Waals surface area contributed by atoms with Crippen molar-refractivity contribution in [2.24, 2.45) is 28.9 Å². The lowest BCUT2D eigenvalue weighted by molar-refractivity contribution is -0.144. The van der Waals surface area contributed by atoms with E-state index in [0.29, 0.717) is 25.7 Å². The summed E-state index contributed by atoms with van der Waals surface area (Å²) in [5, 5.41) is 8.73. The topological polar surface area (TPSA) is 186 Å². The Labute approximate surface area is 301 Å². The summed E-state index contributed by atoms with van der Waals surface area (Å²) in [5.74, 6) is -2.84. The third-order valence-corrected chi connectivity index (χ3v) is 10.8. The lowest BCUT2D eigenvalue weighted by Crippen LogP contribution is -2.63. The molecule has 5 amide bonds. The molecular weight excluding hydrogens is 654 g/mol. The Balaban J connectivity index is 1.46. The van der Waals surface area contributed by atoms with Crippen LogP contribution in [0.1, 0.15) is 104 Å². The van der Waals surface area contributed by atoms with E-state index >= 15 is 0 Å². The number of likely N-dealkylation sites (tertiary alicyclic amines) is 1. The standard InChI is InChI=1S/C38H57N5O8/c1-24(2)27-17-20-43(29(27)33(46)40-28(30(44)32(39)45)21-25-15-12-16-25)34(47)31(37(3,4)5)41-35(48)42-38(18-10-7-11-19-38)23-51-36(49)50-22-26-13-8-6-9-14-26/h6,8-9,13-14,24-25,27-29,31H,7,10-12,15-23H2,1-5H3,(H2,39,45)(H,40,46)(H2,41,42,48)/t27-,28?,29+,31-/m1/s1. The van der Waals surface area contributed by atoms with E-state index in [2.05, 4.69) is 16.0 Å². The van der Waals surface area contributed by atoms with E-state index in [4.69, 9.17) is 15.2 Å². The van der Waals surface area contributed by atoms with Gasteiger partial charge in [0.15, 0.2) is 0 Å². The Morgan fingerprint density at radius 2 is 1.59 bits per heavy atom. The fourth-order valence-corrected chi connectivity index (χ4v) is 7.53. The van der Waals surface area contributed by atoms with Gasteiger partial charge in [-0.3, -0.25) is 19.2 Å². The van der Waals surface area contributed by atoms with E-state index in [0.717, 1.165) is 44.1 Å². The number of amides is 5. The van der Waals surface area contributed by atoms with Gasteiger partial charge in [-0.15, -0.1) is 0 Å². The fraction of sp³-hybridized carbons (Fsp3) is 0.684. The van der Waals surface area contributed by atoms with Crippen LogP contribution in [-0.2, 0) is 35.3 Å². The van der Waals surface area contributed by atoms with Crippen molar-refractivity contribution >= 4 is 35.7 Å². The highest BCUT2D eigenvalue weighted by Crippen LogP contribution is 2.35. The van der Waals surface area contributed by atoms with Gasteiger partial charge in [-0.1, -0.05) is 103 Å². The van der Waals surface area contributed by atoms with Crippen LogP contribution in [0.3, 0.4) is 0 Å². The Bertz CT molecular complexity index is 1400. The van der Waals surface area contributed by atoms with Crippen LogP contribution in [-0.4, -0.2) is 77.4 Å². The van der Waals surface area contributed by atoms with Crippen molar-refractivity contribution in [2.45, 2.75) is 129 Å². The molecule has 0 bridgehead atoms. The van der Waals surface area contributed by atoms with Crippen molar-refractivity contribution in [3.8, 4) is 0 Å². The first kappa shape index (κ1) is 39.6. The van der Waals surface area contributed by atoms with E-state index in [1.54, 1.807) is 0 Å². The second-order valence-corrected chi connectivity index (χ2v) is 16.0. The zero-order chi connectivity index (χ0) is 37.3. The van der Waals surface area contributed by atoms with Crippen LogP contribution in [0.15, 0.2) is 30.3 Å². The summed E-state index contributed by atoms with van der Waals surface area (Å²) in [6.07, 6.45) is 6.69. The van der Waals surface area contributed by atoms with Crippen LogP contribution in [0.5, 0.6) is 0 Å². The third kappa shape index (κ3) is 10.7. The molecule has 0 spiro atoms. The van der Waals surface area contributed by atoms with Crippen molar-refractivity contribution < 1.29 is 38.2 Å². The van der Waals surface area contributed by atoms with Gasteiger partial charge in [0.05, 0.1) is 11.6 Å². The minimum atomic E-state index is -1.10. The highest BCUT2D eigenvalue weighted by atomic mass is 16.7. The number of ketones is 1. The van der Waals surface area contributed by atoms with Crippen molar-refractivity contribution in [1.29, 1.82) is 0 Å². The Kier molecular flexibility index (Phi) is 13.5. The number of nitrogens with one attached hydrogen (secondary N) is 3. The Morgan fingerprint density at radius 3 is 2.16 bits per heavy atom. The summed E-state index contributed by atoms with van der Waals surface area (Å²) in [5.41, 5.74) is 4.57. The number of ether oxygens (including phenoxy) is 2. The second kappa shape index (κ2) is 17.4. The first-order valence-electron chi connectivity index (χ1n) is 18.5. The molecule has 51 heavy (non-hydrogen) atoms. The van der Waals surface area contributed by atoms with Gasteiger partial charge in [0.2, 0.25) is 17.6 Å². The van der Waals surface area contributed by atoms with Crippen molar-refractivity contribution in [2.75, 3.05) is 13.2 Å². The van der Waals surface area contributed by atoms with E-state index in [9.17, 15) is 28.8 Å². The molecule has 1 aromatic carbocycles. The van der Waals surface area contributed by atoms with Gasteiger partial charge in [0.1, 0.15) is 25.3 Å². The van der Waals surface area contributed by atoms with E-state index in [-0.39, 0.29) is 37.5 Å². The van der Waals surface area contributed by atoms with Crippen molar-refractivity contribution in [3.05, 3.63) is 35.9 Å². The van der Waals surface area contributed by atoms with Gasteiger partial charge in [0.25, 0.3) is 5.91 Å². The number of nitrogens with two attached hydrogens (primary N) is 1. The number of carbonyl (C=O) groups excluding carboxylic acids is 6. The van der Waals surface area contributed by atoms with Gasteiger partial charge in [0, 0.05) is 6.54 Å². The Hall–Kier alpha value is -4.16. The smallest absolute Gasteiger partial charge is 0.432 e. The number of urea groups is 1. The predicted octanol–water partition coefficient (Wildman–Crippen LogP) is 4.36. The van der Waals surface area contributed by atoms with Crippen LogP contribution in [0.2, 0.25) is 0 Å². The number of hydrogen-bond donors (Lipinski definition) is 4. The molecule has 1 aromatic rings. The van der Waals surface area contributed by atoms with Crippen LogP contribution >= 0.6 is 0 Å². The van der Waals surface area contributed by atoms with Gasteiger partial charge >= 0.3 is 12.2 Å². The number of nitrogens with zero attached hydrogens (tertiary/aromatic N) is 1. The van der Waals surface area contributed by atoms with Gasteiger partial charge in [-0.2, -0.15) is 0 Å². The van der Waals surface area contributed by atoms with Gasteiger partial charge < -0.3 is 36.1 Å². The quantitative estimate of drug-likeness (QED) is 0.162. The molecule has 1 aliphatic heterocycles. The lowest BCUT2D eigenvalue weighted by atomic mass is 9.80. The molecule has 1 saturated heterocycles. The van der Waals surface area contributed by atoms with E-state index < -0.39 is 64.8 Å². The summed E-state index contributed by atoms with van der Waals surface area (Å²) in [4.78, 5) is 80.8. The van der Waals surface area contributed by atoms with Crippen molar-refractivity contribution in [1.82, 2.24) is 20.9 Å². The molecule has 5 N–H and O–H groups in total. The first-order valence-corrected chi connectivity index (χ1v) is 18.5. The summed E-state index contributed by atoms with van der Waals surface area (Å²) in [7, 11) is 0. The molecule has 13 heteroatoms. The molecule has 1 heterocycles. The van der Waals surface area contributed by atoms with Crippen LogP contribution in [0, 0.1) is 23.2 Å². The number of hydrogen-bond acceptors (Lipinski definition) is 8. The molecule has 0 aromatic heterocycles. The SMILES string of the molecule is CC(C)[C@H]1CCN(C(=O)[C@@H](NC(=O)NC2(COC(=O)OCc3ccccc3)CCCCC2)C(C)(C)C)[C@@H]1C(=O)NC(CC1CCC1)C(=O)C(N)=O. The molecule has 1 unspecified atom stereocenters. The predicted molar refractivity (Wildman–Crippen MR) is 190 cm³/mol. The molecule has 3 aliphatic rings. The molecule has 2 saturated carbocycles. The highest BCUT2D eigenvalue weighted by Gasteiger charge is 2.48. The summed E-state index contributed by atoms with van der Waals surface area (Å²) in [6.45, 7) is 9.74. The number of rotatable bonds is 14.